The Hall–Kier alpha value is -1.04. The zero-order valence-corrected chi connectivity index (χ0v) is 19.0. The Balaban J connectivity index is 4.29. The molecule has 8 heteroatoms. The summed E-state index contributed by atoms with van der Waals surface area (Å²) in [4.78, 5) is 0. The molecule has 0 aliphatic carbocycles. The number of hydrogen-bond donors (Lipinski definition) is 2. The molecule has 0 aromatic rings. The topological polar surface area (TPSA) is 101 Å². The molecule has 7 nitrogen and oxygen atoms in total. The quantitative estimate of drug-likeness (QED) is 0.0833. The Morgan fingerprint density at radius 3 is 1.43 bits per heavy atom. The molecule has 0 amide bonds. The van der Waals surface area contributed by atoms with Crippen LogP contribution in [-0.4, -0.2) is 34.0 Å². The predicted molar refractivity (Wildman–Crippen MR) is 114 cm³/mol. The summed E-state index contributed by atoms with van der Waals surface area (Å²) in [5.74, 6) is 0. The summed E-state index contributed by atoms with van der Waals surface area (Å²) in [5.41, 5.74) is 0.922. The largest absolute Gasteiger partial charge is 0.698 e. The molecule has 0 bridgehead atoms. The summed E-state index contributed by atoms with van der Waals surface area (Å²) in [6.45, 7) is 7.70. The van der Waals surface area contributed by atoms with Gasteiger partial charge in [0, 0.05) is 4.57 Å². The maximum atomic E-state index is 12.2. The zero-order valence-electron chi connectivity index (χ0n) is 18.1. The van der Waals surface area contributed by atoms with Crippen LogP contribution in [0, 0.1) is 0 Å². The summed E-state index contributed by atoms with van der Waals surface area (Å²) < 4.78 is 22.9. The Labute approximate surface area is 171 Å². The molecule has 28 heavy (non-hydrogen) atoms. The van der Waals surface area contributed by atoms with Gasteiger partial charge in [0.05, 0.1) is 11.4 Å². The van der Waals surface area contributed by atoms with Gasteiger partial charge >= 0.3 is 8.25 Å². The number of unbranched alkanes of at least 4 members (excludes halogenated alkanes) is 8. The van der Waals surface area contributed by atoms with Crippen molar-refractivity contribution in [1.82, 2.24) is 0 Å². The lowest BCUT2D eigenvalue weighted by atomic mass is 10.1. The van der Waals surface area contributed by atoms with Gasteiger partial charge in [-0.25, -0.2) is 0 Å². The Morgan fingerprint density at radius 2 is 1.11 bits per heavy atom. The average molecular weight is 420 g/mol. The molecule has 0 saturated carbocycles. The van der Waals surface area contributed by atoms with Gasteiger partial charge in [-0.15, -0.1) is 9.05 Å². The highest BCUT2D eigenvalue weighted by Crippen LogP contribution is 2.30. The maximum absolute atomic E-state index is 12.2. The van der Waals surface area contributed by atoms with Gasteiger partial charge in [0.1, 0.15) is 0 Å². The van der Waals surface area contributed by atoms with E-state index in [9.17, 15) is 15.0 Å². The smallest absolute Gasteiger partial charge is 0.411 e. The van der Waals surface area contributed by atoms with E-state index in [0.717, 1.165) is 38.5 Å². The molecule has 0 aliphatic rings. The van der Waals surface area contributed by atoms with Gasteiger partial charge in [-0.3, -0.25) is 0 Å². The predicted octanol–water partition coefficient (Wildman–Crippen LogP) is 6.84. The summed E-state index contributed by atoms with van der Waals surface area (Å²) in [6.07, 6.45) is 11.0. The maximum Gasteiger partial charge on any atom is 0.698 e. The van der Waals surface area contributed by atoms with Crippen molar-refractivity contribution >= 4 is 19.7 Å². The molecule has 0 radical (unpaired) electrons. The number of rotatable bonds is 18. The van der Waals surface area contributed by atoms with Gasteiger partial charge in [0.25, 0.3) is 0 Å². The second-order valence-electron chi connectivity index (χ2n) is 7.23. The zero-order chi connectivity index (χ0) is 21.2. The lowest BCUT2D eigenvalue weighted by molar-refractivity contribution is 0.190. The number of oxime groups is 2. The molecule has 0 aromatic carbocycles. The fourth-order valence-electron chi connectivity index (χ4n) is 2.89. The van der Waals surface area contributed by atoms with Crippen LogP contribution in [0.3, 0.4) is 0 Å². The molecule has 0 aliphatic heterocycles. The van der Waals surface area contributed by atoms with Crippen LogP contribution in [0.2, 0.25) is 0 Å². The minimum atomic E-state index is -2.42. The standard InChI is InChI=1S/C20H39N2O5P/c1-5-7-9-11-13-15-19(21-23)17(3)26-28(25)27-18(4)20(22-24)16-14-12-10-8-6-2/h17-18H,5-16H2,1-4H3,(H-,23,24)/p+1. The minimum Gasteiger partial charge on any atom is -0.411 e. The minimum absolute atomic E-state index is 0.461. The van der Waals surface area contributed by atoms with Crippen molar-refractivity contribution in [2.45, 2.75) is 117 Å². The summed E-state index contributed by atoms with van der Waals surface area (Å²) in [6, 6.07) is 0. The molecule has 2 unspecified atom stereocenters. The van der Waals surface area contributed by atoms with Gasteiger partial charge in [-0.1, -0.05) is 75.5 Å². The van der Waals surface area contributed by atoms with Crippen LogP contribution >= 0.6 is 8.25 Å². The second-order valence-corrected chi connectivity index (χ2v) is 8.10. The van der Waals surface area contributed by atoms with E-state index in [1.54, 1.807) is 13.8 Å². The molecule has 2 N–H and O–H groups in total. The van der Waals surface area contributed by atoms with Gasteiger partial charge < -0.3 is 10.4 Å². The first-order chi connectivity index (χ1) is 13.5. The van der Waals surface area contributed by atoms with E-state index in [0.29, 0.717) is 24.3 Å². The van der Waals surface area contributed by atoms with Gasteiger partial charge in [0.15, 0.2) is 12.2 Å². The first-order valence-corrected chi connectivity index (χ1v) is 11.8. The van der Waals surface area contributed by atoms with Crippen molar-refractivity contribution in [1.29, 1.82) is 0 Å². The van der Waals surface area contributed by atoms with Crippen LogP contribution in [0.15, 0.2) is 10.3 Å². The molecule has 164 valence electrons. The van der Waals surface area contributed by atoms with Gasteiger partial charge in [-0.05, 0) is 39.5 Å². The van der Waals surface area contributed by atoms with Crippen molar-refractivity contribution in [2.24, 2.45) is 10.3 Å². The molecule has 0 aromatic heterocycles. The third kappa shape index (κ3) is 13.2. The van der Waals surface area contributed by atoms with Gasteiger partial charge in [-0.2, -0.15) is 0 Å². The van der Waals surface area contributed by atoms with Crippen molar-refractivity contribution in [3.63, 3.8) is 0 Å². The lowest BCUT2D eigenvalue weighted by Gasteiger charge is -2.10. The fraction of sp³-hybridized carbons (Fsp3) is 0.900. The van der Waals surface area contributed by atoms with E-state index in [-0.39, 0.29) is 0 Å². The van der Waals surface area contributed by atoms with Crippen molar-refractivity contribution in [3.8, 4) is 0 Å². The first-order valence-electron chi connectivity index (χ1n) is 10.7. The SMILES string of the molecule is CCCCCCCC(=NO)C(C)O[P+](=O)OC(C)C(CCCCCCC)=NO. The third-order valence-corrected chi connectivity index (χ3v) is 5.73. The molecular weight excluding hydrogens is 379 g/mol. The van der Waals surface area contributed by atoms with Crippen LogP contribution in [0.4, 0.5) is 0 Å². The summed E-state index contributed by atoms with van der Waals surface area (Å²) in [5, 5.41) is 25.0. The molecule has 2 atom stereocenters. The average Bonchev–Trinajstić information content (AvgIpc) is 2.67. The second kappa shape index (κ2) is 18.0. The van der Waals surface area contributed by atoms with Crippen LogP contribution in [0.5, 0.6) is 0 Å². The monoisotopic (exact) mass is 419 g/mol. The van der Waals surface area contributed by atoms with Crippen molar-refractivity contribution < 1.29 is 24.0 Å². The number of nitrogens with zero attached hydrogens (tertiary/aromatic N) is 2. The van der Waals surface area contributed by atoms with E-state index in [4.69, 9.17) is 9.05 Å². The lowest BCUT2D eigenvalue weighted by Crippen LogP contribution is -2.21. The van der Waals surface area contributed by atoms with E-state index >= 15 is 0 Å². The highest BCUT2D eigenvalue weighted by molar-refractivity contribution is 7.33. The Morgan fingerprint density at radius 1 is 0.750 bits per heavy atom. The Bertz CT molecular complexity index is 432. The fourth-order valence-corrected chi connectivity index (χ4v) is 3.70. The first kappa shape index (κ1) is 27.0. The molecule has 0 spiro atoms. The highest BCUT2D eigenvalue weighted by Gasteiger charge is 2.32. The van der Waals surface area contributed by atoms with E-state index < -0.39 is 20.5 Å². The number of hydrogen-bond acceptors (Lipinski definition) is 7. The van der Waals surface area contributed by atoms with E-state index in [1.807, 2.05) is 0 Å². The highest BCUT2D eigenvalue weighted by atomic mass is 31.1. The molecule has 0 saturated heterocycles. The van der Waals surface area contributed by atoms with Crippen LogP contribution < -0.4 is 0 Å². The third-order valence-electron chi connectivity index (χ3n) is 4.76. The molecule has 0 rings (SSSR count). The summed E-state index contributed by atoms with van der Waals surface area (Å²) in [7, 11) is -2.42. The van der Waals surface area contributed by atoms with Crippen LogP contribution in [0.25, 0.3) is 0 Å². The molecule has 0 fully saturated rings. The normalized spacial score (nSPS) is 15.5. The molecule has 0 heterocycles. The summed E-state index contributed by atoms with van der Waals surface area (Å²) >= 11 is 0. The Kier molecular flexibility index (Phi) is 17.3. The van der Waals surface area contributed by atoms with Crippen molar-refractivity contribution in [3.05, 3.63) is 0 Å². The van der Waals surface area contributed by atoms with Crippen LogP contribution in [-0.2, 0) is 13.6 Å². The van der Waals surface area contributed by atoms with Crippen LogP contribution in [0.1, 0.15) is 105 Å². The van der Waals surface area contributed by atoms with E-state index in [1.165, 1.54) is 25.7 Å². The molecular formula is C20H40N2O5P+. The van der Waals surface area contributed by atoms with E-state index in [2.05, 4.69) is 24.2 Å². The van der Waals surface area contributed by atoms with Crippen molar-refractivity contribution in [2.75, 3.05) is 0 Å². The van der Waals surface area contributed by atoms with Gasteiger partial charge in [0.2, 0.25) is 0 Å².